The minimum atomic E-state index is -3.28. The van der Waals surface area contributed by atoms with Gasteiger partial charge in [-0.25, -0.2) is 18.0 Å². The maximum Gasteiger partial charge on any atom is 0.329 e. The standard InChI is InChI=1S/C19H23F3N4O4/c1-30-16-14-12(18(28)24-19(29)26(14)9-2-3-9)11(17(21)22)13(20)15(16)25-5-4-8(6-25)10(23)7-27/h8-10,17,27H,2-7,23H2,1H3,(H,24,28,29). The zero-order chi connectivity index (χ0) is 21.7. The molecule has 0 amide bonds. The van der Waals surface area contributed by atoms with Gasteiger partial charge in [0, 0.05) is 25.2 Å². The number of nitrogens with two attached hydrogens (primary N) is 1. The van der Waals surface area contributed by atoms with Gasteiger partial charge in [-0.3, -0.25) is 14.3 Å². The molecule has 11 heteroatoms. The number of methoxy groups -OCH3 is 1. The summed E-state index contributed by atoms with van der Waals surface area (Å²) in [4.78, 5) is 28.5. The lowest BCUT2D eigenvalue weighted by Gasteiger charge is -2.26. The number of anilines is 1. The molecule has 2 heterocycles. The highest BCUT2D eigenvalue weighted by molar-refractivity contribution is 5.94. The fourth-order valence-electron chi connectivity index (χ4n) is 4.32. The van der Waals surface area contributed by atoms with Gasteiger partial charge in [0.2, 0.25) is 0 Å². The number of aliphatic hydroxyl groups is 1. The van der Waals surface area contributed by atoms with Gasteiger partial charge in [0.15, 0.2) is 11.6 Å². The first-order valence-corrected chi connectivity index (χ1v) is 9.77. The van der Waals surface area contributed by atoms with E-state index in [9.17, 15) is 23.5 Å². The lowest BCUT2D eigenvalue weighted by atomic mass is 10.0. The van der Waals surface area contributed by atoms with Gasteiger partial charge < -0.3 is 20.5 Å². The lowest BCUT2D eigenvalue weighted by Crippen LogP contribution is -2.36. The second-order valence-electron chi connectivity index (χ2n) is 7.84. The van der Waals surface area contributed by atoms with Crippen molar-refractivity contribution in [1.29, 1.82) is 0 Å². The molecule has 1 saturated heterocycles. The van der Waals surface area contributed by atoms with Crippen LogP contribution in [-0.2, 0) is 0 Å². The highest BCUT2D eigenvalue weighted by atomic mass is 19.3. The van der Waals surface area contributed by atoms with E-state index in [1.165, 1.54) is 16.6 Å². The molecule has 1 aromatic heterocycles. The average Bonchev–Trinajstić information content (AvgIpc) is 3.42. The van der Waals surface area contributed by atoms with Crippen molar-refractivity contribution in [2.75, 3.05) is 31.7 Å². The highest BCUT2D eigenvalue weighted by Crippen LogP contribution is 2.46. The van der Waals surface area contributed by atoms with Crippen LogP contribution in [-0.4, -0.2) is 47.5 Å². The van der Waals surface area contributed by atoms with Crippen molar-refractivity contribution in [3.05, 3.63) is 32.2 Å². The van der Waals surface area contributed by atoms with Crippen LogP contribution < -0.4 is 26.6 Å². The van der Waals surface area contributed by atoms with Gasteiger partial charge in [0.05, 0.1) is 24.7 Å². The fraction of sp³-hybridized carbons (Fsp3) is 0.579. The number of nitrogens with zero attached hydrogens (tertiary/aromatic N) is 2. The van der Waals surface area contributed by atoms with Crippen molar-refractivity contribution in [2.45, 2.75) is 37.8 Å². The Morgan fingerprint density at radius 1 is 1.30 bits per heavy atom. The molecule has 2 atom stereocenters. The number of nitrogens with one attached hydrogen (secondary N) is 1. The summed E-state index contributed by atoms with van der Waals surface area (Å²) in [5, 5.41) is 8.74. The fourth-order valence-corrected chi connectivity index (χ4v) is 4.32. The number of fused-ring (bicyclic) bond motifs is 1. The smallest absolute Gasteiger partial charge is 0.329 e. The maximum atomic E-state index is 15.5. The number of halogens is 3. The number of aromatic nitrogens is 2. The number of ether oxygens (including phenoxy) is 1. The van der Waals surface area contributed by atoms with Gasteiger partial charge in [-0.2, -0.15) is 0 Å². The second-order valence-corrected chi connectivity index (χ2v) is 7.84. The van der Waals surface area contributed by atoms with E-state index < -0.39 is 40.5 Å². The number of rotatable bonds is 6. The molecule has 0 bridgehead atoms. The van der Waals surface area contributed by atoms with Crippen LogP contribution in [0.25, 0.3) is 10.9 Å². The summed E-state index contributed by atoms with van der Waals surface area (Å²) < 4.78 is 50.0. The molecule has 0 radical (unpaired) electrons. The molecule has 4 rings (SSSR count). The zero-order valence-corrected chi connectivity index (χ0v) is 16.3. The topological polar surface area (TPSA) is 114 Å². The van der Waals surface area contributed by atoms with Crippen LogP contribution >= 0.6 is 0 Å². The van der Waals surface area contributed by atoms with Crippen LogP contribution in [0.2, 0.25) is 0 Å². The van der Waals surface area contributed by atoms with Crippen molar-refractivity contribution in [3.8, 4) is 5.75 Å². The largest absolute Gasteiger partial charge is 0.492 e. The summed E-state index contributed by atoms with van der Waals surface area (Å²) in [6.07, 6.45) is -1.48. The summed E-state index contributed by atoms with van der Waals surface area (Å²) in [6.45, 7) is 0.269. The first-order valence-electron chi connectivity index (χ1n) is 9.77. The minimum absolute atomic E-state index is 0.115. The second kappa shape index (κ2) is 7.62. The van der Waals surface area contributed by atoms with Crippen LogP contribution in [0, 0.1) is 11.7 Å². The molecule has 2 fully saturated rings. The Kier molecular flexibility index (Phi) is 5.27. The van der Waals surface area contributed by atoms with E-state index >= 15 is 4.39 Å². The normalized spacial score (nSPS) is 20.4. The molecule has 164 valence electrons. The quantitative estimate of drug-likeness (QED) is 0.638. The Morgan fingerprint density at radius 2 is 2.00 bits per heavy atom. The van der Waals surface area contributed by atoms with Crippen LogP contribution in [0.3, 0.4) is 0 Å². The van der Waals surface area contributed by atoms with E-state index in [4.69, 9.17) is 10.5 Å². The molecule has 4 N–H and O–H groups in total. The molecular weight excluding hydrogens is 405 g/mol. The third-order valence-electron chi connectivity index (χ3n) is 5.98. The third kappa shape index (κ3) is 3.16. The van der Waals surface area contributed by atoms with E-state index in [1.54, 1.807) is 0 Å². The number of aliphatic hydroxyl groups excluding tert-OH is 1. The number of alkyl halides is 2. The maximum absolute atomic E-state index is 15.5. The molecule has 2 aliphatic rings. The van der Waals surface area contributed by atoms with Crippen LogP contribution in [0.15, 0.2) is 9.59 Å². The van der Waals surface area contributed by atoms with Gasteiger partial charge in [-0.15, -0.1) is 0 Å². The Hall–Kier alpha value is -2.53. The molecule has 30 heavy (non-hydrogen) atoms. The minimum Gasteiger partial charge on any atom is -0.492 e. The number of hydrogen-bond acceptors (Lipinski definition) is 6. The summed E-state index contributed by atoms with van der Waals surface area (Å²) >= 11 is 0. The molecule has 8 nitrogen and oxygen atoms in total. The Labute approximate surface area is 169 Å². The molecule has 1 aliphatic heterocycles. The van der Waals surface area contributed by atoms with Crippen LogP contribution in [0.4, 0.5) is 18.9 Å². The molecule has 1 aromatic carbocycles. The number of benzene rings is 1. The monoisotopic (exact) mass is 428 g/mol. The molecule has 0 spiro atoms. The first kappa shape index (κ1) is 20.7. The van der Waals surface area contributed by atoms with E-state index in [2.05, 4.69) is 0 Å². The predicted molar refractivity (Wildman–Crippen MR) is 104 cm³/mol. The lowest BCUT2D eigenvalue weighted by molar-refractivity contribution is 0.148. The van der Waals surface area contributed by atoms with Crippen molar-refractivity contribution >= 4 is 16.6 Å². The molecule has 1 saturated carbocycles. The van der Waals surface area contributed by atoms with Gasteiger partial charge >= 0.3 is 5.69 Å². The molecule has 1 aliphatic carbocycles. The summed E-state index contributed by atoms with van der Waals surface area (Å²) in [5.74, 6) is -1.55. The van der Waals surface area contributed by atoms with E-state index in [0.29, 0.717) is 25.8 Å². The van der Waals surface area contributed by atoms with Crippen LogP contribution in [0.1, 0.15) is 37.3 Å². The summed E-state index contributed by atoms with van der Waals surface area (Å²) in [7, 11) is 1.25. The highest BCUT2D eigenvalue weighted by Gasteiger charge is 2.37. The zero-order valence-electron chi connectivity index (χ0n) is 16.3. The number of hydrogen-bond donors (Lipinski definition) is 3. The van der Waals surface area contributed by atoms with Crippen molar-refractivity contribution in [3.63, 3.8) is 0 Å². The molecule has 2 unspecified atom stereocenters. The Morgan fingerprint density at radius 3 is 2.57 bits per heavy atom. The van der Waals surface area contributed by atoms with E-state index in [-0.39, 0.29) is 42.1 Å². The first-order chi connectivity index (χ1) is 14.3. The van der Waals surface area contributed by atoms with Crippen molar-refractivity contribution in [2.24, 2.45) is 11.7 Å². The molecule has 2 aromatic rings. The van der Waals surface area contributed by atoms with Crippen molar-refractivity contribution in [1.82, 2.24) is 9.55 Å². The predicted octanol–water partition coefficient (Wildman–Crippen LogP) is 1.26. The van der Waals surface area contributed by atoms with Crippen molar-refractivity contribution < 1.29 is 23.0 Å². The van der Waals surface area contributed by atoms with Crippen LogP contribution in [0.5, 0.6) is 5.75 Å². The van der Waals surface area contributed by atoms with Gasteiger partial charge in [-0.1, -0.05) is 0 Å². The van der Waals surface area contributed by atoms with E-state index in [0.717, 1.165) is 0 Å². The summed E-state index contributed by atoms with van der Waals surface area (Å²) in [6, 6.07) is -0.810. The third-order valence-corrected chi connectivity index (χ3v) is 5.98. The average molecular weight is 428 g/mol. The van der Waals surface area contributed by atoms with Gasteiger partial charge in [0.25, 0.3) is 12.0 Å². The molecular formula is C19H23F3N4O4. The number of aromatic amines is 1. The van der Waals surface area contributed by atoms with E-state index in [1.807, 2.05) is 4.98 Å². The van der Waals surface area contributed by atoms with Gasteiger partial charge in [0.1, 0.15) is 11.2 Å². The Bertz CT molecular complexity index is 1100. The SMILES string of the molecule is COc1c(N2CCC(C(N)CO)C2)c(F)c(C(F)F)c2c(=O)[nH]c(=O)n(C3CC3)c12. The number of H-pyrrole nitrogens is 1. The Balaban J connectivity index is 2.04. The van der Waals surface area contributed by atoms with Gasteiger partial charge in [-0.05, 0) is 25.2 Å². The summed E-state index contributed by atoms with van der Waals surface area (Å²) in [5.41, 5.74) is 2.70.